The molecule has 6 nitrogen and oxygen atoms in total. The zero-order valence-corrected chi connectivity index (χ0v) is 7.89. The van der Waals surface area contributed by atoms with Crippen LogP contribution in [0.3, 0.4) is 0 Å². The molecule has 0 saturated carbocycles. The normalized spacial score (nSPS) is 14.2. The lowest BCUT2D eigenvalue weighted by Gasteiger charge is -2.10. The maximum atomic E-state index is 10.9. The smallest absolute Gasteiger partial charge is 0.333 e. The van der Waals surface area contributed by atoms with E-state index in [1.807, 2.05) is 0 Å². The highest BCUT2D eigenvalue weighted by molar-refractivity contribution is 5.85. The van der Waals surface area contributed by atoms with Gasteiger partial charge in [-0.3, -0.25) is 9.59 Å². The molecule has 0 spiro atoms. The lowest BCUT2D eigenvalue weighted by Crippen LogP contribution is -2.28. The van der Waals surface area contributed by atoms with Crippen molar-refractivity contribution in [3.63, 3.8) is 0 Å². The van der Waals surface area contributed by atoms with Crippen LogP contribution in [0.1, 0.15) is 20.3 Å². The molecular weight excluding hydrogens is 192 g/mol. The van der Waals surface area contributed by atoms with Crippen molar-refractivity contribution in [1.82, 2.24) is 0 Å². The number of aliphatic hydroxyl groups excluding tert-OH is 1. The van der Waals surface area contributed by atoms with E-state index in [1.54, 1.807) is 0 Å². The number of rotatable bonds is 5. The van der Waals surface area contributed by atoms with Gasteiger partial charge in [0, 0.05) is 0 Å². The van der Waals surface area contributed by atoms with E-state index in [0.717, 1.165) is 0 Å². The van der Waals surface area contributed by atoms with Gasteiger partial charge in [-0.15, -0.1) is 0 Å². The van der Waals surface area contributed by atoms with Crippen molar-refractivity contribution in [3.05, 3.63) is 0 Å². The molecule has 0 radical (unpaired) electrons. The molecule has 0 aromatic rings. The summed E-state index contributed by atoms with van der Waals surface area (Å²) in [6, 6.07) is 0. The van der Waals surface area contributed by atoms with E-state index < -0.39 is 30.6 Å². The van der Waals surface area contributed by atoms with Gasteiger partial charge in [0.2, 0.25) is 0 Å². The first kappa shape index (κ1) is 12.6. The lowest BCUT2D eigenvalue weighted by atomic mass is 10.2. The largest absolute Gasteiger partial charge is 0.479 e. The second-order valence-electron chi connectivity index (χ2n) is 2.80. The van der Waals surface area contributed by atoms with Crippen LogP contribution in [0.4, 0.5) is 0 Å². The molecule has 2 atom stereocenters. The fourth-order valence-corrected chi connectivity index (χ4v) is 0.573. The van der Waals surface area contributed by atoms with E-state index in [4.69, 9.17) is 10.2 Å². The molecule has 14 heavy (non-hydrogen) atoms. The Labute approximate surface area is 80.5 Å². The predicted molar refractivity (Wildman–Crippen MR) is 44.5 cm³/mol. The third kappa shape index (κ3) is 4.56. The van der Waals surface area contributed by atoms with Crippen LogP contribution in [-0.2, 0) is 19.1 Å². The van der Waals surface area contributed by atoms with Crippen molar-refractivity contribution >= 4 is 17.7 Å². The van der Waals surface area contributed by atoms with Crippen molar-refractivity contribution in [3.8, 4) is 0 Å². The number of hydrogen-bond donors (Lipinski definition) is 2. The second kappa shape index (κ2) is 5.33. The number of aliphatic carboxylic acids is 1. The minimum Gasteiger partial charge on any atom is -0.479 e. The van der Waals surface area contributed by atoms with E-state index >= 15 is 0 Å². The minimum atomic E-state index is -1.79. The third-order valence-electron chi connectivity index (χ3n) is 1.53. The van der Waals surface area contributed by atoms with Crippen LogP contribution in [0.15, 0.2) is 0 Å². The molecule has 0 aliphatic heterocycles. The van der Waals surface area contributed by atoms with Gasteiger partial charge in [0.1, 0.15) is 0 Å². The second-order valence-corrected chi connectivity index (χ2v) is 2.80. The monoisotopic (exact) mass is 204 g/mol. The fraction of sp³-hybridized carbons (Fsp3) is 0.625. The maximum Gasteiger partial charge on any atom is 0.333 e. The quantitative estimate of drug-likeness (QED) is 0.576. The van der Waals surface area contributed by atoms with E-state index in [9.17, 15) is 14.4 Å². The van der Waals surface area contributed by atoms with Gasteiger partial charge >= 0.3 is 11.9 Å². The molecule has 0 unspecified atom stereocenters. The summed E-state index contributed by atoms with van der Waals surface area (Å²) in [6.45, 7) is 2.61. The Morgan fingerprint density at radius 2 is 1.86 bits per heavy atom. The summed E-state index contributed by atoms with van der Waals surface area (Å²) >= 11 is 0. The Balaban J connectivity index is 3.99. The van der Waals surface area contributed by atoms with Crippen molar-refractivity contribution in [2.45, 2.75) is 32.5 Å². The van der Waals surface area contributed by atoms with Gasteiger partial charge in [-0.05, 0) is 13.8 Å². The summed E-state index contributed by atoms with van der Waals surface area (Å²) in [5.74, 6) is -2.76. The number of Topliss-reactive ketones (excluding diaryl/α,β-unsaturated/α-hetero) is 1. The van der Waals surface area contributed by atoms with Crippen LogP contribution in [0.5, 0.6) is 0 Å². The van der Waals surface area contributed by atoms with Crippen LogP contribution in [0, 0.1) is 0 Å². The van der Waals surface area contributed by atoms with Gasteiger partial charge in [0.25, 0.3) is 0 Å². The summed E-state index contributed by atoms with van der Waals surface area (Å²) < 4.78 is 4.52. The predicted octanol–water partition coefficient (Wildman–Crippen LogP) is -0.657. The van der Waals surface area contributed by atoms with Crippen molar-refractivity contribution < 1.29 is 29.3 Å². The Morgan fingerprint density at radius 1 is 1.36 bits per heavy atom. The topological polar surface area (TPSA) is 101 Å². The van der Waals surface area contributed by atoms with E-state index in [1.165, 1.54) is 13.8 Å². The molecule has 80 valence electrons. The molecule has 0 aromatic heterocycles. The average Bonchev–Trinajstić information content (AvgIpc) is 2.03. The molecule has 0 rings (SSSR count). The first-order chi connectivity index (χ1) is 6.34. The van der Waals surface area contributed by atoms with E-state index in [2.05, 4.69) is 4.74 Å². The first-order valence-corrected chi connectivity index (χ1v) is 3.95. The number of aliphatic hydroxyl groups is 1. The van der Waals surface area contributed by atoms with Crippen molar-refractivity contribution in [2.75, 3.05) is 0 Å². The molecule has 6 heteroatoms. The molecule has 0 amide bonds. The standard InChI is InChI=1S/C8H12O6/c1-4(9)5(2)14-7(11)3-6(10)8(12)13/h5-6,10H,3H2,1-2H3,(H,12,13)/t5-,6-/m0/s1. The zero-order valence-electron chi connectivity index (χ0n) is 7.89. The number of hydrogen-bond acceptors (Lipinski definition) is 5. The number of carboxylic acids is 1. The molecule has 0 fully saturated rings. The molecule has 0 saturated heterocycles. The molecule has 0 aliphatic carbocycles. The highest BCUT2D eigenvalue weighted by Gasteiger charge is 2.21. The Kier molecular flexibility index (Phi) is 4.79. The molecule has 0 aliphatic rings. The summed E-state index contributed by atoms with van der Waals surface area (Å²) in [5, 5.41) is 17.0. The van der Waals surface area contributed by atoms with Crippen LogP contribution >= 0.6 is 0 Å². The number of carboxylic acid groups (broad SMARTS) is 1. The highest BCUT2D eigenvalue weighted by atomic mass is 16.5. The molecule has 2 N–H and O–H groups in total. The number of esters is 1. The molecular formula is C8H12O6. The van der Waals surface area contributed by atoms with E-state index in [0.29, 0.717) is 0 Å². The number of ketones is 1. The molecule has 0 aromatic carbocycles. The average molecular weight is 204 g/mol. The van der Waals surface area contributed by atoms with Gasteiger partial charge in [-0.1, -0.05) is 0 Å². The molecule has 0 bridgehead atoms. The summed E-state index contributed by atoms with van der Waals surface area (Å²) in [5.41, 5.74) is 0. The van der Waals surface area contributed by atoms with Gasteiger partial charge in [0.05, 0.1) is 6.42 Å². The van der Waals surface area contributed by atoms with Gasteiger partial charge in [-0.25, -0.2) is 4.79 Å². The van der Waals surface area contributed by atoms with Crippen LogP contribution in [0.25, 0.3) is 0 Å². The third-order valence-corrected chi connectivity index (χ3v) is 1.53. The fourth-order valence-electron chi connectivity index (χ4n) is 0.573. The number of carbonyl (C=O) groups excluding carboxylic acids is 2. The van der Waals surface area contributed by atoms with Gasteiger partial charge in [-0.2, -0.15) is 0 Å². The minimum absolute atomic E-state index is 0.344. The summed E-state index contributed by atoms with van der Waals surface area (Å²) in [7, 11) is 0. The maximum absolute atomic E-state index is 10.9. The Morgan fingerprint density at radius 3 is 2.21 bits per heavy atom. The summed E-state index contributed by atoms with van der Waals surface area (Å²) in [4.78, 5) is 31.6. The van der Waals surface area contributed by atoms with Gasteiger partial charge < -0.3 is 14.9 Å². The van der Waals surface area contributed by atoms with Crippen LogP contribution in [0.2, 0.25) is 0 Å². The van der Waals surface area contributed by atoms with Crippen LogP contribution < -0.4 is 0 Å². The van der Waals surface area contributed by atoms with Crippen molar-refractivity contribution in [1.29, 1.82) is 0 Å². The van der Waals surface area contributed by atoms with Crippen molar-refractivity contribution in [2.24, 2.45) is 0 Å². The highest BCUT2D eigenvalue weighted by Crippen LogP contribution is 1.99. The lowest BCUT2D eigenvalue weighted by molar-refractivity contribution is -0.160. The SMILES string of the molecule is CC(=O)[C@H](C)OC(=O)C[C@H](O)C(=O)O. The Hall–Kier alpha value is -1.43. The van der Waals surface area contributed by atoms with Gasteiger partial charge in [0.15, 0.2) is 18.0 Å². The zero-order chi connectivity index (χ0) is 11.3. The Bertz CT molecular complexity index is 222. The summed E-state index contributed by atoms with van der Waals surface area (Å²) in [6.07, 6.45) is -3.36. The molecule has 0 heterocycles. The van der Waals surface area contributed by atoms with E-state index in [-0.39, 0.29) is 5.78 Å². The number of ether oxygens (including phenoxy) is 1. The number of carbonyl (C=O) groups is 3. The first-order valence-electron chi connectivity index (χ1n) is 3.95. The van der Waals surface area contributed by atoms with Crippen LogP contribution in [-0.4, -0.2) is 40.1 Å².